The second kappa shape index (κ2) is 4.77. The summed E-state index contributed by atoms with van der Waals surface area (Å²) >= 11 is 0. The average Bonchev–Trinajstić information content (AvgIpc) is 2.57. The van der Waals surface area contributed by atoms with E-state index in [4.69, 9.17) is 0 Å². The summed E-state index contributed by atoms with van der Waals surface area (Å²) < 4.78 is 0. The van der Waals surface area contributed by atoms with Crippen LogP contribution in [0.2, 0.25) is 0 Å². The summed E-state index contributed by atoms with van der Waals surface area (Å²) in [5, 5.41) is 9.34. The van der Waals surface area contributed by atoms with Crippen LogP contribution in [0.15, 0.2) is 24.3 Å². The molecule has 2 unspecified atom stereocenters. The topological polar surface area (TPSA) is 23.5 Å². The van der Waals surface area contributed by atoms with Crippen LogP contribution in [-0.4, -0.2) is 29.1 Å². The van der Waals surface area contributed by atoms with Crippen molar-refractivity contribution in [1.82, 2.24) is 4.90 Å². The SMILES string of the molecule is CC1(C)CC2CC(C)(CN2CCc2ccc(O)cc2)C1. The minimum atomic E-state index is 0.361. The van der Waals surface area contributed by atoms with Crippen molar-refractivity contribution in [1.29, 1.82) is 0 Å². The minimum Gasteiger partial charge on any atom is -0.508 e. The maximum Gasteiger partial charge on any atom is 0.115 e. The lowest BCUT2D eigenvalue weighted by molar-refractivity contribution is 0.127. The predicted octanol–water partition coefficient (Wildman–Crippen LogP) is 3.84. The number of aromatic hydroxyl groups is 1. The summed E-state index contributed by atoms with van der Waals surface area (Å²) in [5.74, 6) is 0.361. The van der Waals surface area contributed by atoms with Crippen LogP contribution in [0.25, 0.3) is 0 Å². The Balaban J connectivity index is 1.63. The number of nitrogens with zero attached hydrogens (tertiary/aromatic N) is 1. The fraction of sp³-hybridized carbons (Fsp3) is 0.667. The summed E-state index contributed by atoms with van der Waals surface area (Å²) in [7, 11) is 0. The van der Waals surface area contributed by atoms with Crippen molar-refractivity contribution >= 4 is 0 Å². The van der Waals surface area contributed by atoms with E-state index in [2.05, 4.69) is 25.7 Å². The fourth-order valence-corrected chi connectivity index (χ4v) is 4.77. The van der Waals surface area contributed by atoms with Gasteiger partial charge < -0.3 is 5.11 Å². The molecule has 2 heteroatoms. The van der Waals surface area contributed by atoms with Gasteiger partial charge in [-0.1, -0.05) is 32.9 Å². The fourth-order valence-electron chi connectivity index (χ4n) is 4.77. The van der Waals surface area contributed by atoms with Gasteiger partial charge >= 0.3 is 0 Å². The highest BCUT2D eigenvalue weighted by Gasteiger charge is 2.49. The molecule has 20 heavy (non-hydrogen) atoms. The lowest BCUT2D eigenvalue weighted by Gasteiger charge is -2.40. The lowest BCUT2D eigenvalue weighted by Crippen LogP contribution is -2.35. The molecule has 1 saturated carbocycles. The van der Waals surface area contributed by atoms with Gasteiger partial charge in [0.25, 0.3) is 0 Å². The first-order valence-electron chi connectivity index (χ1n) is 7.87. The molecule has 0 amide bonds. The van der Waals surface area contributed by atoms with E-state index in [1.165, 1.54) is 31.4 Å². The molecule has 1 saturated heterocycles. The quantitative estimate of drug-likeness (QED) is 0.904. The normalized spacial score (nSPS) is 32.5. The van der Waals surface area contributed by atoms with Gasteiger partial charge in [-0.05, 0) is 54.2 Å². The van der Waals surface area contributed by atoms with E-state index in [0.29, 0.717) is 16.6 Å². The highest BCUT2D eigenvalue weighted by Crippen LogP contribution is 2.52. The Bertz CT molecular complexity index is 479. The predicted molar refractivity (Wildman–Crippen MR) is 82.9 cm³/mol. The van der Waals surface area contributed by atoms with Gasteiger partial charge in [0.2, 0.25) is 0 Å². The summed E-state index contributed by atoms with van der Waals surface area (Å²) in [6.45, 7) is 9.75. The van der Waals surface area contributed by atoms with Crippen molar-refractivity contribution in [2.45, 2.75) is 52.5 Å². The molecule has 0 aromatic heterocycles. The standard InChI is InChI=1S/C18H27NO/c1-17(2)10-15-11-18(3,12-17)13-19(15)9-8-14-4-6-16(20)7-5-14/h4-7,15,20H,8-13H2,1-3H3. The molecule has 1 aliphatic carbocycles. The summed E-state index contributed by atoms with van der Waals surface area (Å²) in [5.41, 5.74) is 2.36. The zero-order valence-electron chi connectivity index (χ0n) is 13.0. The van der Waals surface area contributed by atoms with Crippen LogP contribution in [0.4, 0.5) is 0 Å². The Hall–Kier alpha value is -1.02. The Kier molecular flexibility index (Phi) is 3.32. The zero-order valence-corrected chi connectivity index (χ0v) is 13.0. The van der Waals surface area contributed by atoms with Crippen molar-refractivity contribution in [3.8, 4) is 5.75 Å². The van der Waals surface area contributed by atoms with Gasteiger partial charge in [0.15, 0.2) is 0 Å². The molecule has 1 aliphatic heterocycles. The molecule has 1 N–H and O–H groups in total. The number of likely N-dealkylation sites (tertiary alicyclic amines) is 1. The molecular formula is C18H27NO. The number of hydrogen-bond donors (Lipinski definition) is 1. The van der Waals surface area contributed by atoms with Crippen molar-refractivity contribution < 1.29 is 5.11 Å². The first-order chi connectivity index (χ1) is 9.35. The highest BCUT2D eigenvalue weighted by molar-refractivity contribution is 5.26. The van der Waals surface area contributed by atoms with Gasteiger partial charge in [0.1, 0.15) is 5.75 Å². The number of phenolic OH excluding ortho intramolecular Hbond substituents is 1. The van der Waals surface area contributed by atoms with Crippen LogP contribution >= 0.6 is 0 Å². The van der Waals surface area contributed by atoms with E-state index < -0.39 is 0 Å². The molecular weight excluding hydrogens is 246 g/mol. The molecule has 2 atom stereocenters. The van der Waals surface area contributed by atoms with Crippen molar-refractivity contribution in [3.05, 3.63) is 29.8 Å². The molecule has 0 spiro atoms. The van der Waals surface area contributed by atoms with E-state index in [1.54, 1.807) is 12.1 Å². The summed E-state index contributed by atoms with van der Waals surface area (Å²) in [6, 6.07) is 8.46. The summed E-state index contributed by atoms with van der Waals surface area (Å²) in [6.07, 6.45) is 5.18. The van der Waals surface area contributed by atoms with Gasteiger partial charge in [-0.2, -0.15) is 0 Å². The number of rotatable bonds is 3. The number of benzene rings is 1. The van der Waals surface area contributed by atoms with Crippen LogP contribution in [0.5, 0.6) is 5.75 Å². The molecule has 2 fully saturated rings. The Morgan fingerprint density at radius 1 is 1.15 bits per heavy atom. The highest BCUT2D eigenvalue weighted by atomic mass is 16.3. The van der Waals surface area contributed by atoms with Gasteiger partial charge in [-0.25, -0.2) is 0 Å². The monoisotopic (exact) mass is 273 g/mol. The van der Waals surface area contributed by atoms with E-state index in [9.17, 15) is 5.11 Å². The Morgan fingerprint density at radius 3 is 2.55 bits per heavy atom. The molecule has 1 aromatic rings. The van der Waals surface area contributed by atoms with Crippen molar-refractivity contribution in [3.63, 3.8) is 0 Å². The molecule has 1 aromatic carbocycles. The molecule has 2 bridgehead atoms. The van der Waals surface area contributed by atoms with Gasteiger partial charge in [-0.3, -0.25) is 4.90 Å². The van der Waals surface area contributed by atoms with Crippen LogP contribution in [0, 0.1) is 10.8 Å². The van der Waals surface area contributed by atoms with Gasteiger partial charge in [0.05, 0.1) is 0 Å². The average molecular weight is 273 g/mol. The molecule has 2 aliphatic rings. The smallest absolute Gasteiger partial charge is 0.115 e. The van der Waals surface area contributed by atoms with E-state index in [1.807, 2.05) is 12.1 Å². The second-order valence-corrected chi connectivity index (χ2v) is 8.10. The van der Waals surface area contributed by atoms with Crippen LogP contribution in [-0.2, 0) is 6.42 Å². The Labute approximate surface area is 122 Å². The number of fused-ring (bicyclic) bond motifs is 2. The molecule has 2 nitrogen and oxygen atoms in total. The van der Waals surface area contributed by atoms with Crippen LogP contribution < -0.4 is 0 Å². The van der Waals surface area contributed by atoms with Crippen molar-refractivity contribution in [2.75, 3.05) is 13.1 Å². The third kappa shape index (κ3) is 2.85. The van der Waals surface area contributed by atoms with Crippen LogP contribution in [0.3, 0.4) is 0 Å². The first-order valence-corrected chi connectivity index (χ1v) is 7.87. The first kappa shape index (κ1) is 13.9. The molecule has 0 radical (unpaired) electrons. The van der Waals surface area contributed by atoms with Gasteiger partial charge in [0, 0.05) is 19.1 Å². The number of hydrogen-bond acceptors (Lipinski definition) is 2. The molecule has 1 heterocycles. The number of phenols is 1. The van der Waals surface area contributed by atoms with E-state index in [0.717, 1.165) is 19.0 Å². The molecule has 110 valence electrons. The van der Waals surface area contributed by atoms with E-state index in [-0.39, 0.29) is 0 Å². The second-order valence-electron chi connectivity index (χ2n) is 8.10. The zero-order chi connectivity index (χ0) is 14.4. The Morgan fingerprint density at radius 2 is 1.85 bits per heavy atom. The lowest BCUT2D eigenvalue weighted by atomic mass is 9.65. The maximum absolute atomic E-state index is 9.34. The minimum absolute atomic E-state index is 0.361. The largest absolute Gasteiger partial charge is 0.508 e. The maximum atomic E-state index is 9.34. The van der Waals surface area contributed by atoms with Crippen LogP contribution in [0.1, 0.15) is 45.6 Å². The van der Waals surface area contributed by atoms with Crippen molar-refractivity contribution in [2.24, 2.45) is 10.8 Å². The van der Waals surface area contributed by atoms with E-state index >= 15 is 0 Å². The summed E-state index contributed by atoms with van der Waals surface area (Å²) in [4.78, 5) is 2.71. The third-order valence-corrected chi connectivity index (χ3v) is 5.15. The van der Waals surface area contributed by atoms with Gasteiger partial charge in [-0.15, -0.1) is 0 Å². The third-order valence-electron chi connectivity index (χ3n) is 5.15. The molecule has 3 rings (SSSR count).